The van der Waals surface area contributed by atoms with Crippen molar-refractivity contribution in [2.24, 2.45) is 0 Å². The smallest absolute Gasteiger partial charge is 0.416 e. The number of allylic oxidation sites excluding steroid dienone is 2. The largest absolute Gasteiger partial charge is 0.491 e. The molecule has 2 aromatic heterocycles. The lowest BCUT2D eigenvalue weighted by atomic mass is 9.97. The van der Waals surface area contributed by atoms with E-state index in [0.29, 0.717) is 6.42 Å². The van der Waals surface area contributed by atoms with Gasteiger partial charge in [-0.2, -0.15) is 17.6 Å². The third kappa shape index (κ3) is 6.25. The maximum atomic E-state index is 14.4. The second kappa shape index (κ2) is 11.5. The van der Waals surface area contributed by atoms with E-state index in [1.165, 1.54) is 30.3 Å². The molecule has 204 valence electrons. The summed E-state index contributed by atoms with van der Waals surface area (Å²) in [5.41, 5.74) is -1.80. The van der Waals surface area contributed by atoms with E-state index in [2.05, 4.69) is 20.6 Å². The zero-order valence-electron chi connectivity index (χ0n) is 20.0. The molecule has 0 unspecified atom stereocenters. The fourth-order valence-corrected chi connectivity index (χ4v) is 4.94. The number of alkyl halides is 3. The highest BCUT2D eigenvalue weighted by Gasteiger charge is 2.36. The average molecular weight is 585 g/mol. The summed E-state index contributed by atoms with van der Waals surface area (Å²) in [4.78, 5) is 33.5. The molecule has 7 nitrogen and oxygen atoms in total. The van der Waals surface area contributed by atoms with Gasteiger partial charge in [0.25, 0.3) is 17.8 Å². The van der Waals surface area contributed by atoms with Crippen LogP contribution in [-0.4, -0.2) is 41.6 Å². The minimum Gasteiger partial charge on any atom is -0.491 e. The summed E-state index contributed by atoms with van der Waals surface area (Å²) < 4.78 is 73.5. The van der Waals surface area contributed by atoms with Crippen molar-refractivity contribution < 1.29 is 36.3 Å². The Labute approximate surface area is 227 Å². The van der Waals surface area contributed by atoms with Gasteiger partial charge in [-0.3, -0.25) is 9.59 Å². The van der Waals surface area contributed by atoms with Crippen LogP contribution in [-0.2, 0) is 0 Å². The molecule has 14 heteroatoms. The molecule has 0 spiro atoms. The Morgan fingerprint density at radius 1 is 1.10 bits per heavy atom. The lowest BCUT2D eigenvalue weighted by molar-refractivity contribution is -0.0899. The first-order chi connectivity index (χ1) is 18.5. The predicted octanol–water partition coefficient (Wildman–Crippen LogP) is 6.34. The van der Waals surface area contributed by atoms with Crippen molar-refractivity contribution in [3.8, 4) is 16.3 Å². The summed E-state index contributed by atoms with van der Waals surface area (Å²) in [6.07, 6.45) is -1.58. The number of benzene rings is 1. The quantitative estimate of drug-likeness (QED) is 0.250. The van der Waals surface area contributed by atoms with Gasteiger partial charge in [0.05, 0.1) is 17.7 Å². The van der Waals surface area contributed by atoms with E-state index in [1.807, 2.05) is 0 Å². The molecule has 0 aliphatic heterocycles. The van der Waals surface area contributed by atoms with E-state index in [4.69, 9.17) is 16.3 Å². The van der Waals surface area contributed by atoms with Gasteiger partial charge in [-0.25, -0.2) is 14.4 Å². The van der Waals surface area contributed by atoms with E-state index in [1.54, 1.807) is 0 Å². The minimum absolute atomic E-state index is 0.00760. The van der Waals surface area contributed by atoms with Gasteiger partial charge in [0, 0.05) is 12.1 Å². The Hall–Kier alpha value is -3.84. The van der Waals surface area contributed by atoms with Crippen molar-refractivity contribution in [3.05, 3.63) is 81.8 Å². The van der Waals surface area contributed by atoms with Crippen molar-refractivity contribution in [2.75, 3.05) is 19.0 Å². The van der Waals surface area contributed by atoms with Crippen molar-refractivity contribution in [1.29, 1.82) is 0 Å². The molecule has 3 aromatic rings. The number of anilines is 1. The van der Waals surface area contributed by atoms with Crippen molar-refractivity contribution in [3.63, 3.8) is 0 Å². The summed E-state index contributed by atoms with van der Waals surface area (Å²) in [5, 5.41) is 4.35. The molecule has 2 N–H and O–H groups in total. The van der Waals surface area contributed by atoms with Gasteiger partial charge < -0.3 is 15.4 Å². The zero-order chi connectivity index (χ0) is 28.3. The van der Waals surface area contributed by atoms with Crippen LogP contribution in [0.2, 0.25) is 5.02 Å². The first kappa shape index (κ1) is 28.2. The van der Waals surface area contributed by atoms with Gasteiger partial charge in [0.15, 0.2) is 11.4 Å². The predicted molar refractivity (Wildman–Crippen MR) is 135 cm³/mol. The van der Waals surface area contributed by atoms with Crippen LogP contribution >= 0.6 is 22.9 Å². The molecule has 0 bridgehead atoms. The fourth-order valence-electron chi connectivity index (χ4n) is 3.70. The second-order valence-electron chi connectivity index (χ2n) is 8.05. The van der Waals surface area contributed by atoms with Crippen molar-refractivity contribution in [1.82, 2.24) is 15.3 Å². The summed E-state index contributed by atoms with van der Waals surface area (Å²) in [7, 11) is 1.16. The van der Waals surface area contributed by atoms with Crippen molar-refractivity contribution >= 4 is 39.8 Å². The SMILES string of the molecule is COc1c(Cl)cc(C(=O)Nc2sc(-c3ccccc3F)nc2C(=O)NCC2=CCCC=C2C(F)(F)F)nc1F. The molecular formula is C25H18ClF5N4O3S. The Balaban J connectivity index is 1.64. The average Bonchev–Trinajstić information content (AvgIpc) is 3.30. The van der Waals surface area contributed by atoms with E-state index < -0.39 is 47.6 Å². The number of thiazole rings is 1. The number of hydrogen-bond donors (Lipinski definition) is 2. The molecule has 1 aliphatic carbocycles. The number of pyridine rings is 1. The number of ether oxygens (including phenoxy) is 1. The summed E-state index contributed by atoms with van der Waals surface area (Å²) in [6.45, 7) is -0.467. The van der Waals surface area contributed by atoms with Crippen LogP contribution in [0.3, 0.4) is 0 Å². The topological polar surface area (TPSA) is 93.2 Å². The van der Waals surface area contributed by atoms with Gasteiger partial charge in [-0.05, 0) is 36.6 Å². The fraction of sp³-hybridized carbons (Fsp3) is 0.200. The summed E-state index contributed by atoms with van der Waals surface area (Å²) >= 11 is 6.66. The van der Waals surface area contributed by atoms with E-state index >= 15 is 0 Å². The molecular weight excluding hydrogens is 567 g/mol. The third-order valence-corrected chi connectivity index (χ3v) is 6.78. The maximum absolute atomic E-state index is 14.4. The molecule has 2 heterocycles. The van der Waals surface area contributed by atoms with Crippen LogP contribution < -0.4 is 15.4 Å². The van der Waals surface area contributed by atoms with E-state index in [9.17, 15) is 31.5 Å². The number of nitrogens with zero attached hydrogens (tertiary/aromatic N) is 2. The molecule has 0 saturated carbocycles. The molecule has 39 heavy (non-hydrogen) atoms. The number of aromatic nitrogens is 2. The summed E-state index contributed by atoms with van der Waals surface area (Å²) in [6, 6.07) is 6.58. The van der Waals surface area contributed by atoms with Crippen LogP contribution in [0.4, 0.5) is 27.0 Å². The Kier molecular flexibility index (Phi) is 8.31. The van der Waals surface area contributed by atoms with Crippen LogP contribution in [0.25, 0.3) is 10.6 Å². The van der Waals surface area contributed by atoms with Gasteiger partial charge in [0.2, 0.25) is 0 Å². The Morgan fingerprint density at radius 2 is 1.82 bits per heavy atom. The highest BCUT2D eigenvalue weighted by atomic mass is 35.5. The lowest BCUT2D eigenvalue weighted by Crippen LogP contribution is -2.30. The Morgan fingerprint density at radius 3 is 2.49 bits per heavy atom. The number of rotatable bonds is 7. The minimum atomic E-state index is -4.60. The monoisotopic (exact) mass is 584 g/mol. The molecule has 2 amide bonds. The highest BCUT2D eigenvalue weighted by molar-refractivity contribution is 7.19. The molecule has 4 rings (SSSR count). The number of amides is 2. The number of hydrogen-bond acceptors (Lipinski definition) is 6. The number of carbonyl (C=O) groups excluding carboxylic acids is 2. The number of nitrogens with one attached hydrogen (secondary N) is 2. The molecule has 0 radical (unpaired) electrons. The number of methoxy groups -OCH3 is 1. The van der Waals surface area contributed by atoms with Gasteiger partial charge in [0.1, 0.15) is 21.5 Å². The third-order valence-electron chi connectivity index (χ3n) is 5.49. The van der Waals surface area contributed by atoms with Gasteiger partial charge in [-0.1, -0.05) is 47.2 Å². The highest BCUT2D eigenvalue weighted by Crippen LogP contribution is 2.36. The van der Waals surface area contributed by atoms with Crippen LogP contribution in [0.5, 0.6) is 5.75 Å². The number of halogens is 6. The first-order valence-corrected chi connectivity index (χ1v) is 12.4. The van der Waals surface area contributed by atoms with Crippen LogP contribution in [0, 0.1) is 11.8 Å². The molecule has 0 atom stereocenters. The summed E-state index contributed by atoms with van der Waals surface area (Å²) in [5.74, 6) is -4.09. The van der Waals surface area contributed by atoms with Gasteiger partial charge >= 0.3 is 6.18 Å². The lowest BCUT2D eigenvalue weighted by Gasteiger charge is -2.19. The van der Waals surface area contributed by atoms with Gasteiger partial charge in [-0.15, -0.1) is 0 Å². The Bertz CT molecular complexity index is 1480. The molecule has 0 saturated heterocycles. The van der Waals surface area contributed by atoms with Crippen LogP contribution in [0.1, 0.15) is 33.8 Å². The van der Waals surface area contributed by atoms with E-state index in [0.717, 1.165) is 30.6 Å². The molecule has 0 fully saturated rings. The second-order valence-corrected chi connectivity index (χ2v) is 9.46. The number of carbonyl (C=O) groups is 2. The maximum Gasteiger partial charge on any atom is 0.416 e. The van der Waals surface area contributed by atoms with Crippen LogP contribution in [0.15, 0.2) is 53.6 Å². The zero-order valence-corrected chi connectivity index (χ0v) is 21.5. The molecule has 1 aliphatic rings. The standard InChI is InChI=1S/C25H18ClF5N4O3S/c1-38-19-15(26)10-17(33-20(19)28)21(36)35-24-18(34-23(39-24)13-7-3-5-9-16(13)27)22(37)32-11-12-6-2-4-8-14(12)25(29,30)31/h3,5-10H,2,4,11H2,1H3,(H,32,37)(H,35,36). The first-order valence-electron chi connectivity index (χ1n) is 11.2. The van der Waals surface area contributed by atoms with E-state index in [-0.39, 0.29) is 44.0 Å². The normalized spacial score (nSPS) is 13.4. The van der Waals surface area contributed by atoms with Crippen molar-refractivity contribution in [2.45, 2.75) is 19.0 Å². The molecule has 1 aromatic carbocycles.